The molecule has 0 saturated heterocycles. The minimum atomic E-state index is 0.228. The number of aromatic amines is 1. The third-order valence-corrected chi connectivity index (χ3v) is 3.99. The minimum absolute atomic E-state index is 0.228. The Morgan fingerprint density at radius 2 is 1.64 bits per heavy atom. The highest BCUT2D eigenvalue weighted by Gasteiger charge is 2.09. The topological polar surface area (TPSA) is 85.0 Å². The number of nitrogens with one attached hydrogen (secondary N) is 2. The summed E-state index contributed by atoms with van der Waals surface area (Å²) in [6.45, 7) is 0.228. The number of nitrogens with zero attached hydrogens (tertiary/aromatic N) is 3. The molecule has 2 heterocycles. The second kappa shape index (κ2) is 8.22. The molecular formula is C21H19N5O2. The fraction of sp³-hybridized carbons (Fsp3) is 0.0952. The normalized spacial score (nSPS) is 10.5. The Hall–Kier alpha value is -3.87. The maximum atomic E-state index is 5.73. The van der Waals surface area contributed by atoms with Crippen molar-refractivity contribution in [2.75, 3.05) is 12.4 Å². The number of methoxy groups -OCH3 is 1. The summed E-state index contributed by atoms with van der Waals surface area (Å²) in [4.78, 5) is 8.83. The van der Waals surface area contributed by atoms with Crippen molar-refractivity contribution in [3.63, 3.8) is 0 Å². The molecule has 0 atom stereocenters. The quantitative estimate of drug-likeness (QED) is 0.505. The molecule has 0 radical (unpaired) electrons. The van der Waals surface area contributed by atoms with Crippen LogP contribution in [0, 0.1) is 0 Å². The van der Waals surface area contributed by atoms with E-state index in [2.05, 4.69) is 25.5 Å². The van der Waals surface area contributed by atoms with Crippen molar-refractivity contribution in [1.82, 2.24) is 20.2 Å². The first-order valence-corrected chi connectivity index (χ1v) is 8.78. The predicted molar refractivity (Wildman–Crippen MR) is 107 cm³/mol. The predicted octanol–water partition coefficient (Wildman–Crippen LogP) is 4.20. The lowest BCUT2D eigenvalue weighted by atomic mass is 10.2. The van der Waals surface area contributed by atoms with Crippen molar-refractivity contribution < 1.29 is 9.47 Å². The van der Waals surface area contributed by atoms with Gasteiger partial charge in [-0.1, -0.05) is 48.5 Å². The Balaban J connectivity index is 1.50. The average Bonchev–Trinajstić information content (AvgIpc) is 3.22. The van der Waals surface area contributed by atoms with Crippen molar-refractivity contribution in [1.29, 1.82) is 0 Å². The van der Waals surface area contributed by atoms with Crippen molar-refractivity contribution in [3.8, 4) is 22.9 Å². The molecule has 7 nitrogen and oxygen atoms in total. The summed E-state index contributed by atoms with van der Waals surface area (Å²) in [5.74, 6) is 2.93. The van der Waals surface area contributed by atoms with Crippen LogP contribution in [-0.2, 0) is 6.61 Å². The van der Waals surface area contributed by atoms with Crippen LogP contribution in [0.1, 0.15) is 5.82 Å². The molecule has 0 bridgehead atoms. The summed E-state index contributed by atoms with van der Waals surface area (Å²) >= 11 is 0. The molecule has 2 aromatic carbocycles. The van der Waals surface area contributed by atoms with Gasteiger partial charge in [0.2, 0.25) is 5.88 Å². The standard InChI is InChI=1S/C21H19N5O2/c1-27-21-13-18(23-20(24-21)14-28-16-10-6-3-7-11-16)22-19-12-17(25-26-19)15-8-4-2-5-9-15/h2-13H,14H2,1H3,(H2,22,23,24,25,26). The van der Waals surface area contributed by atoms with E-state index in [1.165, 1.54) is 0 Å². The van der Waals surface area contributed by atoms with Crippen LogP contribution in [-0.4, -0.2) is 27.3 Å². The Kier molecular flexibility index (Phi) is 5.15. The van der Waals surface area contributed by atoms with Crippen LogP contribution in [0.2, 0.25) is 0 Å². The summed E-state index contributed by atoms with van der Waals surface area (Å²) < 4.78 is 11.0. The number of aromatic nitrogens is 4. The van der Waals surface area contributed by atoms with Gasteiger partial charge in [0, 0.05) is 12.1 Å². The van der Waals surface area contributed by atoms with Crippen LogP contribution in [0.3, 0.4) is 0 Å². The van der Waals surface area contributed by atoms with Gasteiger partial charge in [0.1, 0.15) is 18.2 Å². The first-order valence-electron chi connectivity index (χ1n) is 8.78. The SMILES string of the molecule is COc1cc(Nc2cc(-c3ccccc3)[nH]n2)nc(COc2ccccc2)n1. The summed E-state index contributed by atoms with van der Waals surface area (Å²) in [5, 5.41) is 10.5. The zero-order valence-corrected chi connectivity index (χ0v) is 15.3. The smallest absolute Gasteiger partial charge is 0.218 e. The zero-order valence-electron chi connectivity index (χ0n) is 15.3. The second-order valence-corrected chi connectivity index (χ2v) is 5.97. The van der Waals surface area contributed by atoms with Crippen molar-refractivity contribution >= 4 is 11.6 Å². The van der Waals surface area contributed by atoms with Crippen molar-refractivity contribution in [3.05, 3.63) is 78.6 Å². The molecule has 0 fully saturated rings. The van der Waals surface area contributed by atoms with Gasteiger partial charge in [-0.3, -0.25) is 5.10 Å². The number of rotatable bonds is 7. The van der Waals surface area contributed by atoms with Gasteiger partial charge < -0.3 is 14.8 Å². The molecule has 7 heteroatoms. The van der Waals surface area contributed by atoms with Crippen LogP contribution in [0.25, 0.3) is 11.3 Å². The van der Waals surface area contributed by atoms with Crippen LogP contribution in [0.15, 0.2) is 72.8 Å². The number of anilines is 2. The van der Waals surface area contributed by atoms with E-state index in [1.807, 2.05) is 66.7 Å². The van der Waals surface area contributed by atoms with E-state index in [0.717, 1.165) is 17.0 Å². The molecule has 0 unspecified atom stereocenters. The van der Waals surface area contributed by atoms with Gasteiger partial charge in [-0.2, -0.15) is 10.1 Å². The third kappa shape index (κ3) is 4.27. The molecule has 0 aliphatic carbocycles. The molecule has 0 spiro atoms. The largest absolute Gasteiger partial charge is 0.486 e. The molecule has 0 saturated carbocycles. The lowest BCUT2D eigenvalue weighted by Gasteiger charge is -2.09. The lowest BCUT2D eigenvalue weighted by Crippen LogP contribution is -2.05. The van der Waals surface area contributed by atoms with E-state index in [0.29, 0.717) is 23.3 Å². The summed E-state index contributed by atoms with van der Waals surface area (Å²) in [5.41, 5.74) is 1.97. The summed E-state index contributed by atoms with van der Waals surface area (Å²) in [7, 11) is 1.57. The monoisotopic (exact) mass is 373 g/mol. The molecule has 4 rings (SSSR count). The van der Waals surface area contributed by atoms with Crippen LogP contribution >= 0.6 is 0 Å². The van der Waals surface area contributed by atoms with E-state index in [4.69, 9.17) is 9.47 Å². The molecule has 4 aromatic rings. The summed E-state index contributed by atoms with van der Waals surface area (Å²) in [6, 6.07) is 23.1. The molecule has 140 valence electrons. The van der Waals surface area contributed by atoms with Crippen LogP contribution in [0.5, 0.6) is 11.6 Å². The van der Waals surface area contributed by atoms with E-state index in [-0.39, 0.29) is 6.61 Å². The zero-order chi connectivity index (χ0) is 19.2. The van der Waals surface area contributed by atoms with E-state index >= 15 is 0 Å². The molecule has 0 aliphatic heterocycles. The molecule has 0 amide bonds. The minimum Gasteiger partial charge on any atom is -0.486 e. The van der Waals surface area contributed by atoms with Gasteiger partial charge in [0.25, 0.3) is 0 Å². The molecular weight excluding hydrogens is 354 g/mol. The maximum Gasteiger partial charge on any atom is 0.218 e. The molecule has 28 heavy (non-hydrogen) atoms. The first-order chi connectivity index (χ1) is 13.8. The molecule has 2 aromatic heterocycles. The van der Waals surface area contributed by atoms with E-state index in [1.54, 1.807) is 13.2 Å². The average molecular weight is 373 g/mol. The van der Waals surface area contributed by atoms with Gasteiger partial charge in [-0.15, -0.1) is 0 Å². The second-order valence-electron chi connectivity index (χ2n) is 5.97. The third-order valence-electron chi connectivity index (χ3n) is 3.99. The summed E-state index contributed by atoms with van der Waals surface area (Å²) in [6.07, 6.45) is 0. The van der Waals surface area contributed by atoms with E-state index < -0.39 is 0 Å². The van der Waals surface area contributed by atoms with Gasteiger partial charge >= 0.3 is 0 Å². The van der Waals surface area contributed by atoms with Gasteiger partial charge in [0.05, 0.1) is 12.8 Å². The Morgan fingerprint density at radius 1 is 0.893 bits per heavy atom. The molecule has 0 aliphatic rings. The Bertz CT molecular complexity index is 1040. The highest BCUT2D eigenvalue weighted by atomic mass is 16.5. The number of H-pyrrole nitrogens is 1. The Labute approximate surface area is 162 Å². The fourth-order valence-corrected chi connectivity index (χ4v) is 2.65. The van der Waals surface area contributed by atoms with Crippen LogP contribution < -0.4 is 14.8 Å². The number of hydrogen-bond acceptors (Lipinski definition) is 6. The number of ether oxygens (including phenoxy) is 2. The fourth-order valence-electron chi connectivity index (χ4n) is 2.65. The molecule has 2 N–H and O–H groups in total. The van der Waals surface area contributed by atoms with Gasteiger partial charge in [-0.25, -0.2) is 4.98 Å². The number of hydrogen-bond donors (Lipinski definition) is 2. The first kappa shape index (κ1) is 17.5. The van der Waals surface area contributed by atoms with Gasteiger partial charge in [-0.05, 0) is 17.7 Å². The Morgan fingerprint density at radius 3 is 2.39 bits per heavy atom. The van der Waals surface area contributed by atoms with Crippen molar-refractivity contribution in [2.45, 2.75) is 6.61 Å². The highest BCUT2D eigenvalue weighted by molar-refractivity contribution is 5.65. The van der Waals surface area contributed by atoms with Crippen molar-refractivity contribution in [2.24, 2.45) is 0 Å². The lowest BCUT2D eigenvalue weighted by molar-refractivity contribution is 0.292. The van der Waals surface area contributed by atoms with E-state index in [9.17, 15) is 0 Å². The number of benzene rings is 2. The highest BCUT2D eigenvalue weighted by Crippen LogP contribution is 2.23. The van der Waals surface area contributed by atoms with Crippen LogP contribution in [0.4, 0.5) is 11.6 Å². The van der Waals surface area contributed by atoms with Gasteiger partial charge in [0.15, 0.2) is 11.6 Å². The maximum absolute atomic E-state index is 5.73. The number of para-hydroxylation sites is 1.